The molecule has 0 saturated carbocycles. The first-order valence-corrected chi connectivity index (χ1v) is 6.56. The molecule has 1 atom stereocenters. The maximum atomic E-state index is 11.7. The third kappa shape index (κ3) is 3.46. The number of allylic oxidation sites excluding steroid dienone is 2. The van der Waals surface area contributed by atoms with Gasteiger partial charge in [0.25, 0.3) is 0 Å². The van der Waals surface area contributed by atoms with Crippen LogP contribution in [0.4, 0.5) is 0 Å². The van der Waals surface area contributed by atoms with Gasteiger partial charge < -0.3 is 4.74 Å². The van der Waals surface area contributed by atoms with Crippen LogP contribution in [0, 0.1) is 5.92 Å². The van der Waals surface area contributed by atoms with E-state index in [2.05, 4.69) is 26.0 Å². The predicted octanol–water partition coefficient (Wildman–Crippen LogP) is 3.69. The van der Waals surface area contributed by atoms with Crippen LogP contribution in [-0.4, -0.2) is 12.4 Å². The van der Waals surface area contributed by atoms with Crippen LogP contribution in [0.25, 0.3) is 0 Å². The lowest BCUT2D eigenvalue weighted by molar-refractivity contribution is -0.115. The smallest absolute Gasteiger partial charge is 0.159 e. The molecule has 0 fully saturated rings. The van der Waals surface area contributed by atoms with Gasteiger partial charge in [0.1, 0.15) is 5.76 Å². The Hall–Kier alpha value is -1.57. The van der Waals surface area contributed by atoms with Gasteiger partial charge in [-0.1, -0.05) is 44.2 Å². The van der Waals surface area contributed by atoms with Crippen molar-refractivity contribution < 1.29 is 9.53 Å². The minimum absolute atomic E-state index is 0.175. The highest BCUT2D eigenvalue weighted by Crippen LogP contribution is 2.31. The van der Waals surface area contributed by atoms with Crippen molar-refractivity contribution in [3.8, 4) is 0 Å². The Kier molecular flexibility index (Phi) is 4.19. The van der Waals surface area contributed by atoms with E-state index in [4.69, 9.17) is 4.74 Å². The van der Waals surface area contributed by atoms with E-state index in [-0.39, 0.29) is 11.7 Å². The Morgan fingerprint density at radius 1 is 1.22 bits per heavy atom. The fourth-order valence-corrected chi connectivity index (χ4v) is 2.19. The predicted molar refractivity (Wildman–Crippen MR) is 72.3 cm³/mol. The van der Waals surface area contributed by atoms with E-state index in [0.29, 0.717) is 18.9 Å². The first-order chi connectivity index (χ1) is 8.65. The number of carbonyl (C=O) groups excluding carboxylic acids is 1. The van der Waals surface area contributed by atoms with Crippen molar-refractivity contribution in [3.05, 3.63) is 47.7 Å². The number of ketones is 1. The fraction of sp³-hybridized carbons (Fsp3) is 0.438. The average molecular weight is 244 g/mol. The third-order valence-corrected chi connectivity index (χ3v) is 3.09. The molecule has 2 heteroatoms. The molecule has 2 nitrogen and oxygen atoms in total. The molecule has 0 radical (unpaired) electrons. The van der Waals surface area contributed by atoms with Gasteiger partial charge >= 0.3 is 0 Å². The number of benzene rings is 1. The van der Waals surface area contributed by atoms with Gasteiger partial charge in [-0.2, -0.15) is 0 Å². The number of ether oxygens (including phenoxy) is 1. The average Bonchev–Trinajstić information content (AvgIpc) is 2.37. The summed E-state index contributed by atoms with van der Waals surface area (Å²) in [6.07, 6.45) is 3.10. The first-order valence-electron chi connectivity index (χ1n) is 6.56. The SMILES string of the molecule is CC(C)COC1=CC(=O)C[C@H](c2ccccc2)C1. The molecule has 96 valence electrons. The largest absolute Gasteiger partial charge is 0.498 e. The first kappa shape index (κ1) is 12.9. The van der Waals surface area contributed by atoms with Crippen LogP contribution in [0.15, 0.2) is 42.2 Å². The number of rotatable bonds is 4. The molecule has 1 aromatic carbocycles. The second kappa shape index (κ2) is 5.85. The van der Waals surface area contributed by atoms with Crippen molar-refractivity contribution in [1.82, 2.24) is 0 Å². The summed E-state index contributed by atoms with van der Waals surface area (Å²) in [7, 11) is 0. The topological polar surface area (TPSA) is 26.3 Å². The Bertz CT molecular complexity index is 432. The normalized spacial score (nSPS) is 19.8. The number of carbonyl (C=O) groups is 1. The van der Waals surface area contributed by atoms with Crippen LogP contribution in [0.3, 0.4) is 0 Å². The zero-order valence-electron chi connectivity index (χ0n) is 11.1. The van der Waals surface area contributed by atoms with Crippen molar-refractivity contribution in [3.63, 3.8) is 0 Å². The molecule has 0 aliphatic heterocycles. The Morgan fingerprint density at radius 2 is 1.94 bits per heavy atom. The summed E-state index contributed by atoms with van der Waals surface area (Å²) in [5.41, 5.74) is 1.23. The van der Waals surface area contributed by atoms with E-state index in [9.17, 15) is 4.79 Å². The molecule has 0 aromatic heterocycles. The van der Waals surface area contributed by atoms with E-state index in [0.717, 1.165) is 12.2 Å². The van der Waals surface area contributed by atoms with Crippen molar-refractivity contribution in [1.29, 1.82) is 0 Å². The molecule has 0 unspecified atom stereocenters. The van der Waals surface area contributed by atoms with Crippen LogP contribution >= 0.6 is 0 Å². The summed E-state index contributed by atoms with van der Waals surface area (Å²) in [5, 5.41) is 0. The summed E-state index contributed by atoms with van der Waals surface area (Å²) in [4.78, 5) is 11.7. The molecule has 0 amide bonds. The summed E-state index contributed by atoms with van der Waals surface area (Å²) in [6.45, 7) is 4.90. The van der Waals surface area contributed by atoms with Gasteiger partial charge in [0.15, 0.2) is 5.78 Å². The van der Waals surface area contributed by atoms with Crippen molar-refractivity contribution in [2.45, 2.75) is 32.6 Å². The summed E-state index contributed by atoms with van der Waals surface area (Å²) >= 11 is 0. The van der Waals surface area contributed by atoms with Gasteiger partial charge in [-0.3, -0.25) is 4.79 Å². The minimum Gasteiger partial charge on any atom is -0.498 e. The standard InChI is InChI=1S/C16H20O2/c1-12(2)11-18-16-9-14(8-15(17)10-16)13-6-4-3-5-7-13/h3-7,10,12,14H,8-9,11H2,1-2H3/t14-/m0/s1. The molecule has 0 bridgehead atoms. The van der Waals surface area contributed by atoms with Crippen molar-refractivity contribution >= 4 is 5.78 Å². The van der Waals surface area contributed by atoms with Crippen molar-refractivity contribution in [2.75, 3.05) is 6.61 Å². The fourth-order valence-electron chi connectivity index (χ4n) is 2.19. The quantitative estimate of drug-likeness (QED) is 0.807. The van der Waals surface area contributed by atoms with E-state index < -0.39 is 0 Å². The molecule has 0 spiro atoms. The Morgan fingerprint density at radius 3 is 2.61 bits per heavy atom. The number of hydrogen-bond acceptors (Lipinski definition) is 2. The zero-order valence-corrected chi connectivity index (χ0v) is 11.1. The molecular formula is C16H20O2. The van der Waals surface area contributed by atoms with E-state index in [1.807, 2.05) is 18.2 Å². The molecule has 0 saturated heterocycles. The number of hydrogen-bond donors (Lipinski definition) is 0. The highest BCUT2D eigenvalue weighted by atomic mass is 16.5. The maximum absolute atomic E-state index is 11.7. The van der Waals surface area contributed by atoms with Gasteiger partial charge in [-0.25, -0.2) is 0 Å². The third-order valence-electron chi connectivity index (χ3n) is 3.09. The molecule has 1 aliphatic carbocycles. The lowest BCUT2D eigenvalue weighted by Gasteiger charge is -2.23. The van der Waals surface area contributed by atoms with Crippen LogP contribution in [0.1, 0.15) is 38.2 Å². The molecule has 2 rings (SSSR count). The van der Waals surface area contributed by atoms with Crippen LogP contribution in [0.5, 0.6) is 0 Å². The highest BCUT2D eigenvalue weighted by Gasteiger charge is 2.23. The lowest BCUT2D eigenvalue weighted by Crippen LogP contribution is -2.15. The van der Waals surface area contributed by atoms with E-state index in [1.165, 1.54) is 5.56 Å². The van der Waals surface area contributed by atoms with E-state index in [1.54, 1.807) is 6.08 Å². The minimum atomic E-state index is 0.175. The summed E-state index contributed by atoms with van der Waals surface area (Å²) in [6, 6.07) is 10.2. The van der Waals surface area contributed by atoms with Crippen LogP contribution < -0.4 is 0 Å². The van der Waals surface area contributed by atoms with Gasteiger partial charge in [-0.05, 0) is 17.4 Å². The summed E-state index contributed by atoms with van der Waals surface area (Å²) < 4.78 is 5.71. The van der Waals surface area contributed by atoms with Gasteiger partial charge in [0.05, 0.1) is 6.61 Å². The molecule has 1 aliphatic rings. The van der Waals surface area contributed by atoms with Crippen molar-refractivity contribution in [2.24, 2.45) is 5.92 Å². The highest BCUT2D eigenvalue weighted by molar-refractivity contribution is 5.91. The van der Waals surface area contributed by atoms with Crippen LogP contribution in [0.2, 0.25) is 0 Å². The molecule has 0 N–H and O–H groups in total. The molecule has 18 heavy (non-hydrogen) atoms. The lowest BCUT2D eigenvalue weighted by atomic mass is 9.86. The second-order valence-electron chi connectivity index (χ2n) is 5.30. The van der Waals surface area contributed by atoms with E-state index >= 15 is 0 Å². The monoisotopic (exact) mass is 244 g/mol. The summed E-state index contributed by atoms with van der Waals surface area (Å²) in [5.74, 6) is 1.77. The van der Waals surface area contributed by atoms with Gasteiger partial charge in [0, 0.05) is 18.9 Å². The zero-order chi connectivity index (χ0) is 13.0. The Labute approximate surface area is 109 Å². The van der Waals surface area contributed by atoms with Gasteiger partial charge in [-0.15, -0.1) is 0 Å². The molecule has 0 heterocycles. The maximum Gasteiger partial charge on any atom is 0.159 e. The Balaban J connectivity index is 2.05. The second-order valence-corrected chi connectivity index (χ2v) is 5.30. The van der Waals surface area contributed by atoms with Crippen LogP contribution in [-0.2, 0) is 9.53 Å². The molecule has 1 aromatic rings. The van der Waals surface area contributed by atoms with Gasteiger partial charge in [0.2, 0.25) is 0 Å². The molecular weight excluding hydrogens is 224 g/mol.